The summed E-state index contributed by atoms with van der Waals surface area (Å²) < 4.78 is 10.4. The first-order chi connectivity index (χ1) is 10.2. The number of carbonyl (C=O) groups is 1. The molecule has 21 heavy (non-hydrogen) atoms. The molecule has 0 radical (unpaired) electrons. The van der Waals surface area contributed by atoms with Gasteiger partial charge in [0.2, 0.25) is 0 Å². The van der Waals surface area contributed by atoms with Crippen LogP contribution in [-0.2, 0) is 14.3 Å². The third-order valence-corrected chi connectivity index (χ3v) is 3.22. The highest BCUT2D eigenvalue weighted by Gasteiger charge is 2.05. The number of carboxylic acids is 1. The average molecular weight is 304 g/mol. The molecule has 0 amide bonds. The molecule has 2 N–H and O–H groups in total. The summed E-state index contributed by atoms with van der Waals surface area (Å²) in [6.45, 7) is 3.41. The molecule has 5 nitrogen and oxygen atoms in total. The SMILES string of the molecule is CCCCCCCCCCOCC(O)COCCC(=O)O. The van der Waals surface area contributed by atoms with E-state index < -0.39 is 12.1 Å². The predicted octanol–water partition coefficient (Wildman–Crippen LogP) is 3.00. The highest BCUT2D eigenvalue weighted by atomic mass is 16.5. The number of hydrogen-bond donors (Lipinski definition) is 2. The van der Waals surface area contributed by atoms with Crippen molar-refractivity contribution in [2.45, 2.75) is 70.8 Å². The molecule has 0 bridgehead atoms. The second kappa shape index (κ2) is 15.7. The Morgan fingerprint density at radius 3 is 2.00 bits per heavy atom. The molecule has 0 spiro atoms. The standard InChI is InChI=1S/C16H32O5/c1-2-3-4-5-6-7-8-9-11-20-13-15(17)14-21-12-10-16(18)19/h15,17H,2-14H2,1H3,(H,18,19). The second-order valence-electron chi connectivity index (χ2n) is 5.42. The smallest absolute Gasteiger partial charge is 0.305 e. The zero-order valence-corrected chi connectivity index (χ0v) is 13.4. The fourth-order valence-corrected chi connectivity index (χ4v) is 1.98. The van der Waals surface area contributed by atoms with E-state index in [2.05, 4.69) is 6.92 Å². The molecular formula is C16H32O5. The summed E-state index contributed by atoms with van der Waals surface area (Å²) in [5.74, 6) is -0.893. The first-order valence-electron chi connectivity index (χ1n) is 8.22. The van der Waals surface area contributed by atoms with E-state index in [1.807, 2.05) is 0 Å². The van der Waals surface area contributed by atoms with Crippen molar-refractivity contribution in [1.82, 2.24) is 0 Å². The summed E-state index contributed by atoms with van der Waals surface area (Å²) in [6.07, 6.45) is 9.37. The van der Waals surface area contributed by atoms with Gasteiger partial charge in [0.1, 0.15) is 6.10 Å². The van der Waals surface area contributed by atoms with Crippen LogP contribution in [0.1, 0.15) is 64.7 Å². The molecule has 0 rings (SSSR count). The van der Waals surface area contributed by atoms with Crippen LogP contribution >= 0.6 is 0 Å². The van der Waals surface area contributed by atoms with Crippen molar-refractivity contribution in [2.24, 2.45) is 0 Å². The molecule has 0 heterocycles. The van der Waals surface area contributed by atoms with Crippen LogP contribution in [0.25, 0.3) is 0 Å². The number of aliphatic hydroxyl groups excluding tert-OH is 1. The van der Waals surface area contributed by atoms with Gasteiger partial charge in [0.25, 0.3) is 0 Å². The van der Waals surface area contributed by atoms with E-state index in [0.717, 1.165) is 6.42 Å². The Morgan fingerprint density at radius 2 is 1.43 bits per heavy atom. The van der Waals surface area contributed by atoms with Gasteiger partial charge in [-0.1, -0.05) is 51.9 Å². The van der Waals surface area contributed by atoms with E-state index in [0.29, 0.717) is 6.61 Å². The van der Waals surface area contributed by atoms with Crippen molar-refractivity contribution in [1.29, 1.82) is 0 Å². The largest absolute Gasteiger partial charge is 0.481 e. The lowest BCUT2D eigenvalue weighted by Gasteiger charge is -2.11. The average Bonchev–Trinajstić information content (AvgIpc) is 2.45. The Kier molecular flexibility index (Phi) is 15.2. The lowest BCUT2D eigenvalue weighted by molar-refractivity contribution is -0.138. The molecular weight excluding hydrogens is 272 g/mol. The van der Waals surface area contributed by atoms with Crippen LogP contribution in [0.4, 0.5) is 0 Å². The van der Waals surface area contributed by atoms with Crippen LogP contribution in [-0.4, -0.2) is 48.7 Å². The normalized spacial score (nSPS) is 12.5. The highest BCUT2D eigenvalue weighted by Crippen LogP contribution is 2.08. The summed E-state index contributed by atoms with van der Waals surface area (Å²) in [5, 5.41) is 18.0. The molecule has 0 aliphatic carbocycles. The van der Waals surface area contributed by atoms with Gasteiger partial charge in [0.15, 0.2) is 0 Å². The van der Waals surface area contributed by atoms with Crippen molar-refractivity contribution in [2.75, 3.05) is 26.4 Å². The lowest BCUT2D eigenvalue weighted by atomic mass is 10.1. The number of rotatable bonds is 16. The minimum atomic E-state index is -0.893. The van der Waals surface area contributed by atoms with Crippen molar-refractivity contribution in [3.05, 3.63) is 0 Å². The van der Waals surface area contributed by atoms with Gasteiger partial charge in [-0.15, -0.1) is 0 Å². The van der Waals surface area contributed by atoms with Crippen molar-refractivity contribution in [3.63, 3.8) is 0 Å². The topological polar surface area (TPSA) is 76.0 Å². The molecule has 0 aromatic heterocycles. The first-order valence-corrected chi connectivity index (χ1v) is 8.22. The Labute approximate surface area is 128 Å². The summed E-state index contributed by atoms with van der Waals surface area (Å²) in [7, 11) is 0. The lowest BCUT2D eigenvalue weighted by Crippen LogP contribution is -2.22. The van der Waals surface area contributed by atoms with Gasteiger partial charge in [-0.3, -0.25) is 4.79 Å². The van der Waals surface area contributed by atoms with Gasteiger partial charge in [-0.25, -0.2) is 0 Å². The fourth-order valence-electron chi connectivity index (χ4n) is 1.98. The van der Waals surface area contributed by atoms with Gasteiger partial charge in [0.05, 0.1) is 26.2 Å². The minimum absolute atomic E-state index is 0.0359. The highest BCUT2D eigenvalue weighted by molar-refractivity contribution is 5.66. The zero-order chi connectivity index (χ0) is 15.8. The Morgan fingerprint density at radius 1 is 0.905 bits per heavy atom. The molecule has 0 aromatic carbocycles. The zero-order valence-electron chi connectivity index (χ0n) is 13.4. The Bertz CT molecular complexity index is 233. The molecule has 0 fully saturated rings. The van der Waals surface area contributed by atoms with Crippen molar-refractivity contribution < 1.29 is 24.5 Å². The van der Waals surface area contributed by atoms with E-state index >= 15 is 0 Å². The molecule has 126 valence electrons. The summed E-state index contributed by atoms with van der Waals surface area (Å²) >= 11 is 0. The molecule has 1 unspecified atom stereocenters. The van der Waals surface area contributed by atoms with E-state index in [1.54, 1.807) is 0 Å². The van der Waals surface area contributed by atoms with Crippen molar-refractivity contribution >= 4 is 5.97 Å². The Hall–Kier alpha value is -0.650. The number of carboxylic acid groups (broad SMARTS) is 1. The quantitative estimate of drug-likeness (QED) is 0.429. The maximum atomic E-state index is 10.2. The van der Waals surface area contributed by atoms with E-state index in [4.69, 9.17) is 14.6 Å². The van der Waals surface area contributed by atoms with Gasteiger partial charge in [-0.2, -0.15) is 0 Å². The van der Waals surface area contributed by atoms with Gasteiger partial charge in [0, 0.05) is 6.61 Å². The van der Waals surface area contributed by atoms with E-state index in [1.165, 1.54) is 44.9 Å². The third kappa shape index (κ3) is 17.3. The summed E-state index contributed by atoms with van der Waals surface area (Å²) in [5.41, 5.74) is 0. The molecule has 0 aliphatic heterocycles. The van der Waals surface area contributed by atoms with Crippen molar-refractivity contribution in [3.8, 4) is 0 Å². The number of hydrogen-bond acceptors (Lipinski definition) is 4. The molecule has 0 saturated carbocycles. The molecule has 0 aliphatic rings. The molecule has 0 saturated heterocycles. The van der Waals surface area contributed by atoms with E-state index in [9.17, 15) is 9.90 Å². The van der Waals surface area contributed by atoms with E-state index in [-0.39, 0.29) is 26.2 Å². The molecule has 5 heteroatoms. The number of unbranched alkanes of at least 4 members (excludes halogenated alkanes) is 7. The maximum absolute atomic E-state index is 10.2. The third-order valence-electron chi connectivity index (χ3n) is 3.22. The monoisotopic (exact) mass is 304 g/mol. The number of aliphatic carboxylic acids is 1. The van der Waals surface area contributed by atoms with Crippen LogP contribution in [0.15, 0.2) is 0 Å². The molecule has 0 aromatic rings. The second-order valence-corrected chi connectivity index (χ2v) is 5.42. The number of ether oxygens (including phenoxy) is 2. The van der Waals surface area contributed by atoms with Gasteiger partial charge in [-0.05, 0) is 6.42 Å². The molecule has 1 atom stereocenters. The Balaban J connectivity index is 3.14. The fraction of sp³-hybridized carbons (Fsp3) is 0.938. The van der Waals surface area contributed by atoms with Crippen LogP contribution in [0, 0.1) is 0 Å². The van der Waals surface area contributed by atoms with Crippen LogP contribution < -0.4 is 0 Å². The van der Waals surface area contributed by atoms with Crippen LogP contribution in [0.5, 0.6) is 0 Å². The number of aliphatic hydroxyl groups is 1. The maximum Gasteiger partial charge on any atom is 0.305 e. The van der Waals surface area contributed by atoms with Gasteiger partial charge >= 0.3 is 5.97 Å². The van der Waals surface area contributed by atoms with Crippen LogP contribution in [0.3, 0.4) is 0 Å². The van der Waals surface area contributed by atoms with Crippen LogP contribution in [0.2, 0.25) is 0 Å². The summed E-state index contributed by atoms with van der Waals surface area (Å²) in [4.78, 5) is 10.2. The first kappa shape index (κ1) is 20.3. The minimum Gasteiger partial charge on any atom is -0.481 e. The summed E-state index contributed by atoms with van der Waals surface area (Å²) in [6, 6.07) is 0. The van der Waals surface area contributed by atoms with Gasteiger partial charge < -0.3 is 19.7 Å². The predicted molar refractivity (Wildman–Crippen MR) is 82.5 cm³/mol.